The van der Waals surface area contributed by atoms with Crippen LogP contribution in [0.5, 0.6) is 0 Å². The molecule has 0 aromatic rings. The molecule has 1 aliphatic heterocycles. The molecular formula is C19H32N2O4. The first-order valence-corrected chi connectivity index (χ1v) is 9.48. The van der Waals surface area contributed by atoms with Crippen molar-refractivity contribution in [3.05, 3.63) is 12.7 Å². The average molecular weight is 352 g/mol. The van der Waals surface area contributed by atoms with Gasteiger partial charge in [0.1, 0.15) is 0 Å². The highest BCUT2D eigenvalue weighted by atomic mass is 16.5. The van der Waals surface area contributed by atoms with Crippen molar-refractivity contribution in [3.8, 4) is 0 Å². The maximum atomic E-state index is 12.7. The van der Waals surface area contributed by atoms with Crippen molar-refractivity contribution in [3.63, 3.8) is 0 Å². The number of hydrogen-bond acceptors (Lipinski definition) is 4. The lowest BCUT2D eigenvalue weighted by molar-refractivity contribution is -0.141. The van der Waals surface area contributed by atoms with Crippen LogP contribution in [0.25, 0.3) is 0 Å². The number of nitrogens with one attached hydrogen (secondary N) is 1. The van der Waals surface area contributed by atoms with E-state index in [4.69, 9.17) is 9.47 Å². The minimum Gasteiger partial charge on any atom is -0.469 e. The highest BCUT2D eigenvalue weighted by Gasteiger charge is 2.30. The molecule has 1 saturated carbocycles. The highest BCUT2D eigenvalue weighted by Crippen LogP contribution is 2.28. The Morgan fingerprint density at radius 2 is 2.00 bits per heavy atom. The first-order valence-electron chi connectivity index (χ1n) is 9.48. The van der Waals surface area contributed by atoms with E-state index >= 15 is 0 Å². The van der Waals surface area contributed by atoms with Gasteiger partial charge in [0.25, 0.3) is 0 Å². The van der Waals surface area contributed by atoms with Crippen LogP contribution in [0, 0.1) is 5.92 Å². The van der Waals surface area contributed by atoms with Gasteiger partial charge in [-0.3, -0.25) is 4.79 Å². The number of nitrogens with zero attached hydrogens (tertiary/aromatic N) is 1. The van der Waals surface area contributed by atoms with Crippen LogP contribution < -0.4 is 5.32 Å². The second-order valence-corrected chi connectivity index (χ2v) is 7.07. The van der Waals surface area contributed by atoms with Gasteiger partial charge in [-0.15, -0.1) is 6.58 Å². The number of hydrogen-bond donors (Lipinski definition) is 1. The second kappa shape index (κ2) is 10.4. The number of likely N-dealkylation sites (tertiary alicyclic amines) is 1. The Morgan fingerprint density at radius 3 is 2.68 bits per heavy atom. The van der Waals surface area contributed by atoms with E-state index < -0.39 is 0 Å². The predicted octanol–water partition coefficient (Wildman–Crippen LogP) is 2.88. The molecule has 1 aliphatic carbocycles. The average Bonchev–Trinajstić information content (AvgIpc) is 2.66. The SMILES string of the molecule is C=CCOC1CCCN(C(=O)N[C@H](CC(=O)OC)C2CCCCC2)C1. The fraction of sp³-hybridized carbons (Fsp3) is 0.789. The molecule has 2 rings (SSSR count). The van der Waals surface area contributed by atoms with Gasteiger partial charge in [-0.05, 0) is 31.6 Å². The normalized spacial score (nSPS) is 22.9. The van der Waals surface area contributed by atoms with Crippen LogP contribution in [0.2, 0.25) is 0 Å². The summed E-state index contributed by atoms with van der Waals surface area (Å²) in [5.41, 5.74) is 0. The molecule has 6 heteroatoms. The quantitative estimate of drug-likeness (QED) is 0.565. The highest BCUT2D eigenvalue weighted by molar-refractivity contribution is 5.76. The van der Waals surface area contributed by atoms with Gasteiger partial charge >= 0.3 is 12.0 Å². The molecule has 2 amide bonds. The molecule has 1 N–H and O–H groups in total. The van der Waals surface area contributed by atoms with Crippen molar-refractivity contribution in [1.29, 1.82) is 0 Å². The fourth-order valence-corrected chi connectivity index (χ4v) is 3.85. The van der Waals surface area contributed by atoms with E-state index in [1.807, 2.05) is 4.90 Å². The molecule has 0 spiro atoms. The summed E-state index contributed by atoms with van der Waals surface area (Å²) in [6, 6.07) is -0.235. The molecule has 2 aliphatic rings. The molecule has 142 valence electrons. The smallest absolute Gasteiger partial charge is 0.317 e. The van der Waals surface area contributed by atoms with Gasteiger partial charge in [0.2, 0.25) is 0 Å². The first kappa shape index (κ1) is 19.8. The van der Waals surface area contributed by atoms with Gasteiger partial charge in [-0.25, -0.2) is 4.79 Å². The minimum absolute atomic E-state index is 0.0613. The molecule has 25 heavy (non-hydrogen) atoms. The number of rotatable bonds is 7. The van der Waals surface area contributed by atoms with Crippen molar-refractivity contribution in [2.45, 2.75) is 63.5 Å². The number of ether oxygens (including phenoxy) is 2. The number of esters is 1. The zero-order chi connectivity index (χ0) is 18.1. The van der Waals surface area contributed by atoms with Gasteiger partial charge in [0.15, 0.2) is 0 Å². The molecule has 1 unspecified atom stereocenters. The summed E-state index contributed by atoms with van der Waals surface area (Å²) in [6.45, 7) is 5.50. The Morgan fingerprint density at radius 1 is 1.24 bits per heavy atom. The molecule has 0 aromatic heterocycles. The van der Waals surface area contributed by atoms with E-state index in [1.54, 1.807) is 6.08 Å². The van der Waals surface area contributed by atoms with Crippen LogP contribution in [0.3, 0.4) is 0 Å². The number of urea groups is 1. The monoisotopic (exact) mass is 352 g/mol. The minimum atomic E-state index is -0.262. The molecular weight excluding hydrogens is 320 g/mol. The lowest BCUT2D eigenvalue weighted by atomic mass is 9.82. The lowest BCUT2D eigenvalue weighted by Crippen LogP contribution is -2.52. The third-order valence-corrected chi connectivity index (χ3v) is 5.26. The molecule has 6 nitrogen and oxygen atoms in total. The van der Waals surface area contributed by atoms with Gasteiger partial charge in [0.05, 0.1) is 26.2 Å². The summed E-state index contributed by atoms with van der Waals surface area (Å²) < 4.78 is 10.5. The van der Waals surface area contributed by atoms with Crippen LogP contribution in [0.15, 0.2) is 12.7 Å². The summed E-state index contributed by atoms with van der Waals surface area (Å²) in [5.74, 6) is 0.0936. The summed E-state index contributed by atoms with van der Waals surface area (Å²) >= 11 is 0. The van der Waals surface area contributed by atoms with E-state index in [1.165, 1.54) is 26.4 Å². The van der Waals surface area contributed by atoms with E-state index in [-0.39, 0.29) is 30.6 Å². The summed E-state index contributed by atoms with van der Waals surface area (Å²) in [6.07, 6.45) is 9.63. The van der Waals surface area contributed by atoms with Crippen molar-refractivity contribution in [2.24, 2.45) is 5.92 Å². The molecule has 1 heterocycles. The molecule has 0 bridgehead atoms. The van der Waals surface area contributed by atoms with E-state index in [9.17, 15) is 9.59 Å². The van der Waals surface area contributed by atoms with Crippen LogP contribution in [0.1, 0.15) is 51.4 Å². The van der Waals surface area contributed by atoms with Gasteiger partial charge in [0, 0.05) is 19.1 Å². The standard InChI is InChI=1S/C19H32N2O4/c1-3-12-25-16-10-7-11-21(14-16)19(23)20-17(13-18(22)24-2)15-8-5-4-6-9-15/h3,15-17H,1,4-14H2,2H3,(H,20,23)/t16?,17-/m1/s1. The van der Waals surface area contributed by atoms with Crippen molar-refractivity contribution >= 4 is 12.0 Å². The van der Waals surface area contributed by atoms with Crippen molar-refractivity contribution < 1.29 is 19.1 Å². The van der Waals surface area contributed by atoms with Gasteiger partial charge < -0.3 is 19.7 Å². The third-order valence-electron chi connectivity index (χ3n) is 5.26. The van der Waals surface area contributed by atoms with Crippen LogP contribution in [-0.2, 0) is 14.3 Å². The van der Waals surface area contributed by atoms with Gasteiger partial charge in [-0.2, -0.15) is 0 Å². The van der Waals surface area contributed by atoms with Crippen molar-refractivity contribution in [2.75, 3.05) is 26.8 Å². The first-order chi connectivity index (χ1) is 12.1. The van der Waals surface area contributed by atoms with Crippen LogP contribution in [0.4, 0.5) is 4.79 Å². The maximum Gasteiger partial charge on any atom is 0.317 e. The molecule has 0 radical (unpaired) electrons. The lowest BCUT2D eigenvalue weighted by Gasteiger charge is -2.36. The topological polar surface area (TPSA) is 67.9 Å². The third kappa shape index (κ3) is 6.34. The molecule has 2 fully saturated rings. The molecule has 0 aromatic carbocycles. The van der Waals surface area contributed by atoms with Crippen molar-refractivity contribution in [1.82, 2.24) is 10.2 Å². The zero-order valence-electron chi connectivity index (χ0n) is 15.4. The fourth-order valence-electron chi connectivity index (χ4n) is 3.85. The summed E-state index contributed by atoms with van der Waals surface area (Å²) in [4.78, 5) is 26.3. The Hall–Kier alpha value is -1.56. The number of piperidine rings is 1. The predicted molar refractivity (Wildman–Crippen MR) is 96.3 cm³/mol. The zero-order valence-corrected chi connectivity index (χ0v) is 15.4. The van der Waals surface area contributed by atoms with Crippen LogP contribution >= 0.6 is 0 Å². The summed E-state index contributed by atoms with van der Waals surface area (Å²) in [5, 5.41) is 3.11. The number of methoxy groups -OCH3 is 1. The number of carbonyl (C=O) groups excluding carboxylic acids is 2. The number of amides is 2. The van der Waals surface area contributed by atoms with Gasteiger partial charge in [-0.1, -0.05) is 25.3 Å². The second-order valence-electron chi connectivity index (χ2n) is 7.07. The Bertz CT molecular complexity index is 449. The summed E-state index contributed by atoms with van der Waals surface area (Å²) in [7, 11) is 1.40. The Balaban J connectivity index is 1.92. The van der Waals surface area contributed by atoms with E-state index in [0.29, 0.717) is 19.1 Å². The van der Waals surface area contributed by atoms with Crippen LogP contribution in [-0.4, -0.2) is 55.9 Å². The molecule has 2 atom stereocenters. The largest absolute Gasteiger partial charge is 0.469 e. The van der Waals surface area contributed by atoms with E-state index in [2.05, 4.69) is 11.9 Å². The number of carbonyl (C=O) groups is 2. The Labute approximate surface area is 150 Å². The van der Waals surface area contributed by atoms with E-state index in [0.717, 1.165) is 32.2 Å². The molecule has 1 saturated heterocycles. The maximum absolute atomic E-state index is 12.7. The Kier molecular flexibility index (Phi) is 8.25.